The Kier molecular flexibility index (Phi) is 12.9. The summed E-state index contributed by atoms with van der Waals surface area (Å²) in [4.78, 5) is 33.2. The second-order valence-corrected chi connectivity index (χ2v) is 13.5. The van der Waals surface area contributed by atoms with E-state index >= 15 is 0 Å². The number of carbonyl (C=O) groups excluding carboxylic acids is 2. The van der Waals surface area contributed by atoms with E-state index in [1.54, 1.807) is 20.9 Å². The lowest BCUT2D eigenvalue weighted by Gasteiger charge is -2.36. The number of imidazole rings is 1. The van der Waals surface area contributed by atoms with Crippen LogP contribution in [0.2, 0.25) is 0 Å². The lowest BCUT2D eigenvalue weighted by atomic mass is 10.0. The Morgan fingerprint density at radius 1 is 1.26 bits per heavy atom. The number of rotatable bonds is 9. The summed E-state index contributed by atoms with van der Waals surface area (Å²) in [5.41, 5.74) is 0.162. The quantitative estimate of drug-likeness (QED) is 0.409. The highest BCUT2D eigenvalue weighted by Gasteiger charge is 2.33. The first-order valence-electron chi connectivity index (χ1n) is 15.2. The van der Waals surface area contributed by atoms with Crippen LogP contribution in [-0.2, 0) is 26.6 Å². The molecule has 0 bridgehead atoms. The van der Waals surface area contributed by atoms with Crippen LogP contribution in [0, 0.1) is 5.92 Å². The smallest absolute Gasteiger partial charge is 0.389 e. The average Bonchev–Trinajstić information content (AvgIpc) is 3.44. The molecule has 1 aliphatic heterocycles. The molecule has 3 rings (SSSR count). The Labute approximate surface area is 267 Å². The fourth-order valence-corrected chi connectivity index (χ4v) is 6.03. The molecule has 1 aromatic carbocycles. The molecule has 0 fully saturated rings. The highest BCUT2D eigenvalue weighted by atomic mass is 32.2. The molecular weight excluding hydrogens is 631 g/mol. The van der Waals surface area contributed by atoms with Crippen molar-refractivity contribution in [2.45, 2.75) is 82.3 Å². The molecule has 12 nitrogen and oxygen atoms in total. The summed E-state index contributed by atoms with van der Waals surface area (Å²) in [6.45, 7) is 5.28. The van der Waals surface area contributed by atoms with Crippen molar-refractivity contribution in [1.82, 2.24) is 19.4 Å². The van der Waals surface area contributed by atoms with Crippen molar-refractivity contribution in [1.29, 1.82) is 0 Å². The van der Waals surface area contributed by atoms with Gasteiger partial charge in [0.2, 0.25) is 5.91 Å². The SMILES string of the molecule is C[C@H]1CCCCO[C@@H](CN(C)C(=O)CCC(F)(F)F)[C@@H](C)CN([C@@H](C)CO)C(=O)c2cc(NS(=O)(=O)c3cn(C)cn3)ccc2O1. The molecule has 2 aromatic rings. The summed E-state index contributed by atoms with van der Waals surface area (Å²) >= 11 is 0. The second kappa shape index (κ2) is 16.0. The molecule has 2 amide bonds. The van der Waals surface area contributed by atoms with E-state index in [1.165, 1.54) is 52.1 Å². The number of aliphatic hydroxyl groups is 1. The van der Waals surface area contributed by atoms with E-state index in [4.69, 9.17) is 9.47 Å². The minimum Gasteiger partial charge on any atom is -0.490 e. The Hall–Kier alpha value is -3.37. The number of nitrogens with zero attached hydrogens (tertiary/aromatic N) is 4. The maximum atomic E-state index is 14.2. The van der Waals surface area contributed by atoms with Gasteiger partial charge in [0.1, 0.15) is 5.75 Å². The van der Waals surface area contributed by atoms with Crippen LogP contribution >= 0.6 is 0 Å². The highest BCUT2D eigenvalue weighted by Crippen LogP contribution is 2.29. The van der Waals surface area contributed by atoms with Gasteiger partial charge in [-0.3, -0.25) is 14.3 Å². The highest BCUT2D eigenvalue weighted by molar-refractivity contribution is 7.92. The molecule has 2 heterocycles. The molecule has 1 aliphatic rings. The summed E-state index contributed by atoms with van der Waals surface area (Å²) < 4.78 is 80.4. The molecule has 0 radical (unpaired) electrons. The molecule has 0 spiro atoms. The van der Waals surface area contributed by atoms with Crippen molar-refractivity contribution in [3.63, 3.8) is 0 Å². The first-order valence-corrected chi connectivity index (χ1v) is 16.6. The number of fused-ring (bicyclic) bond motifs is 1. The molecule has 4 atom stereocenters. The number of anilines is 1. The second-order valence-electron chi connectivity index (χ2n) is 11.9. The first kappa shape index (κ1) is 37.1. The molecule has 0 unspecified atom stereocenters. The number of hydrogen-bond acceptors (Lipinski definition) is 8. The number of likely N-dealkylation sites (N-methyl/N-ethyl adjacent to an activating group) is 1. The van der Waals surface area contributed by atoms with Gasteiger partial charge in [0.05, 0.1) is 43.2 Å². The zero-order valence-electron chi connectivity index (χ0n) is 26.8. The van der Waals surface area contributed by atoms with Gasteiger partial charge in [-0.1, -0.05) is 6.92 Å². The summed E-state index contributed by atoms with van der Waals surface area (Å²) in [5, 5.41) is 9.89. The van der Waals surface area contributed by atoms with E-state index < -0.39 is 65.5 Å². The Balaban J connectivity index is 1.95. The fraction of sp³-hybridized carbons (Fsp3) is 0.633. The third-order valence-corrected chi connectivity index (χ3v) is 9.03. The summed E-state index contributed by atoms with van der Waals surface area (Å²) in [5.74, 6) is -1.40. The van der Waals surface area contributed by atoms with Gasteiger partial charge in [0, 0.05) is 58.0 Å². The van der Waals surface area contributed by atoms with Crippen molar-refractivity contribution in [2.75, 3.05) is 38.1 Å². The van der Waals surface area contributed by atoms with Crippen molar-refractivity contribution in [3.8, 4) is 5.75 Å². The Morgan fingerprint density at radius 2 is 1.98 bits per heavy atom. The molecule has 0 aliphatic carbocycles. The van der Waals surface area contributed by atoms with Gasteiger partial charge in [0.15, 0.2) is 5.03 Å². The van der Waals surface area contributed by atoms with Gasteiger partial charge in [-0.15, -0.1) is 0 Å². The third-order valence-electron chi connectivity index (χ3n) is 7.76. The van der Waals surface area contributed by atoms with Crippen molar-refractivity contribution >= 4 is 27.5 Å². The minimum absolute atomic E-state index is 0.00292. The average molecular weight is 676 g/mol. The standard InChI is InChI=1S/C30H44F3N5O7S/c1-20-15-38(21(2)18-39)29(41)24-14-23(35-46(42,43)27-17-36(4)19-34-27)9-10-25(24)45-22(3)8-6-7-13-44-26(20)16-37(5)28(40)11-12-30(31,32)33/h9-10,14,17,19-22,26,35,39H,6-8,11-13,15-16,18H2,1-5H3/t20-,21-,22-,26-/m0/s1. The lowest BCUT2D eigenvalue weighted by molar-refractivity contribution is -0.149. The largest absolute Gasteiger partial charge is 0.490 e. The monoisotopic (exact) mass is 675 g/mol. The molecular formula is C30H44F3N5O7S. The number of aromatic nitrogens is 2. The lowest BCUT2D eigenvalue weighted by Crippen LogP contribution is -2.48. The number of ether oxygens (including phenoxy) is 2. The first-order chi connectivity index (χ1) is 21.5. The van der Waals surface area contributed by atoms with Crippen molar-refractivity contribution in [2.24, 2.45) is 13.0 Å². The van der Waals surface area contributed by atoms with E-state index in [1.807, 2.05) is 6.92 Å². The van der Waals surface area contributed by atoms with Gasteiger partial charge < -0.3 is 28.9 Å². The van der Waals surface area contributed by atoms with Crippen LogP contribution in [0.25, 0.3) is 0 Å². The summed E-state index contributed by atoms with van der Waals surface area (Å²) in [6.07, 6.45) is -2.67. The Morgan fingerprint density at radius 3 is 2.61 bits per heavy atom. The van der Waals surface area contributed by atoms with E-state index in [2.05, 4.69) is 9.71 Å². The molecule has 1 aromatic heterocycles. The van der Waals surface area contributed by atoms with Gasteiger partial charge in [0.25, 0.3) is 15.9 Å². The van der Waals surface area contributed by atoms with Crippen LogP contribution in [0.3, 0.4) is 0 Å². The molecule has 46 heavy (non-hydrogen) atoms. The van der Waals surface area contributed by atoms with Crippen molar-refractivity contribution < 1.29 is 45.8 Å². The zero-order valence-corrected chi connectivity index (χ0v) is 27.6. The van der Waals surface area contributed by atoms with Crippen LogP contribution in [0.15, 0.2) is 35.7 Å². The number of nitrogens with one attached hydrogen (secondary N) is 1. The Bertz CT molecular complexity index is 1440. The number of aliphatic hydroxyl groups excluding tert-OH is 1. The molecule has 258 valence electrons. The maximum Gasteiger partial charge on any atom is 0.389 e. The summed E-state index contributed by atoms with van der Waals surface area (Å²) in [6, 6.07) is 3.69. The fourth-order valence-electron chi connectivity index (χ4n) is 4.99. The molecule has 0 saturated heterocycles. The number of sulfonamides is 1. The van der Waals surface area contributed by atoms with E-state index in [-0.39, 0.29) is 41.2 Å². The van der Waals surface area contributed by atoms with Gasteiger partial charge in [-0.05, 0) is 51.3 Å². The predicted molar refractivity (Wildman–Crippen MR) is 164 cm³/mol. The topological polar surface area (TPSA) is 143 Å². The van der Waals surface area contributed by atoms with Gasteiger partial charge in [-0.25, -0.2) is 4.98 Å². The maximum absolute atomic E-state index is 14.2. The predicted octanol–water partition coefficient (Wildman–Crippen LogP) is 3.82. The number of hydrogen-bond donors (Lipinski definition) is 2. The number of alkyl halides is 3. The number of carbonyl (C=O) groups is 2. The zero-order chi connectivity index (χ0) is 34.2. The van der Waals surface area contributed by atoms with E-state index in [0.717, 1.165) is 0 Å². The number of aryl methyl sites for hydroxylation is 1. The van der Waals surface area contributed by atoms with Crippen LogP contribution in [-0.4, -0.2) is 102 Å². The van der Waals surface area contributed by atoms with Crippen molar-refractivity contribution in [3.05, 3.63) is 36.3 Å². The van der Waals surface area contributed by atoms with Gasteiger partial charge >= 0.3 is 6.18 Å². The number of halogens is 3. The third kappa shape index (κ3) is 10.6. The molecule has 2 N–H and O–H groups in total. The van der Waals surface area contributed by atoms with Crippen LogP contribution in [0.4, 0.5) is 18.9 Å². The van der Waals surface area contributed by atoms with E-state index in [9.17, 15) is 36.3 Å². The van der Waals surface area contributed by atoms with Crippen LogP contribution < -0.4 is 9.46 Å². The summed E-state index contributed by atoms with van der Waals surface area (Å²) in [7, 11) is -1.03. The number of benzene rings is 1. The van der Waals surface area contributed by atoms with E-state index in [0.29, 0.717) is 25.9 Å². The number of amides is 2. The normalized spacial score (nSPS) is 21.1. The van der Waals surface area contributed by atoms with Crippen LogP contribution in [0.5, 0.6) is 5.75 Å². The molecule has 16 heteroatoms. The molecule has 0 saturated carbocycles. The minimum atomic E-state index is -4.46. The van der Waals surface area contributed by atoms with Crippen LogP contribution in [0.1, 0.15) is 63.2 Å². The van der Waals surface area contributed by atoms with Gasteiger partial charge in [-0.2, -0.15) is 21.6 Å².